The van der Waals surface area contributed by atoms with Crippen molar-refractivity contribution in [2.24, 2.45) is 0 Å². The number of carbonyl (C=O) groups is 2. The van der Waals surface area contributed by atoms with Gasteiger partial charge in [0.25, 0.3) is 5.91 Å². The van der Waals surface area contributed by atoms with Crippen LogP contribution in [0.2, 0.25) is 0 Å². The summed E-state index contributed by atoms with van der Waals surface area (Å²) in [5, 5.41) is 2.53. The van der Waals surface area contributed by atoms with Gasteiger partial charge in [0.05, 0.1) is 13.7 Å². The molecule has 0 atom stereocenters. The van der Waals surface area contributed by atoms with E-state index in [1.807, 2.05) is 12.1 Å². The zero-order chi connectivity index (χ0) is 13.1. The summed E-state index contributed by atoms with van der Waals surface area (Å²) >= 11 is 0. The fourth-order valence-corrected chi connectivity index (χ4v) is 1.67. The lowest BCUT2D eigenvalue weighted by Gasteiger charge is -2.25. The Morgan fingerprint density at radius 1 is 1.28 bits per heavy atom. The number of amides is 2. The number of nitrogens with zero attached hydrogens (tertiary/aromatic N) is 1. The molecule has 0 saturated carbocycles. The van der Waals surface area contributed by atoms with E-state index in [1.165, 1.54) is 4.90 Å². The maximum absolute atomic E-state index is 11.7. The molecule has 18 heavy (non-hydrogen) atoms. The smallest absolute Gasteiger partial charge is 0.268 e. The average Bonchev–Trinajstić information content (AvgIpc) is 2.40. The molecule has 0 spiro atoms. The van der Waals surface area contributed by atoms with Crippen LogP contribution in [0.1, 0.15) is 5.56 Å². The molecule has 0 bridgehead atoms. The summed E-state index contributed by atoms with van der Waals surface area (Å²) < 4.78 is 5.05. The van der Waals surface area contributed by atoms with E-state index in [2.05, 4.69) is 5.32 Å². The highest BCUT2D eigenvalue weighted by Gasteiger charge is 2.25. The molecular weight excluding hydrogens is 232 g/mol. The molecule has 94 valence electrons. The van der Waals surface area contributed by atoms with Crippen LogP contribution in [-0.4, -0.2) is 37.4 Å². The van der Waals surface area contributed by atoms with Crippen molar-refractivity contribution in [3.8, 4) is 5.75 Å². The molecule has 1 aromatic rings. The number of ether oxygens (including phenoxy) is 1. The normalized spacial score (nSPS) is 17.9. The van der Waals surface area contributed by atoms with E-state index in [9.17, 15) is 9.59 Å². The Morgan fingerprint density at radius 2 is 1.94 bits per heavy atom. The number of methoxy groups -OCH3 is 1. The van der Waals surface area contributed by atoms with Gasteiger partial charge in [0, 0.05) is 7.05 Å². The second-order valence-corrected chi connectivity index (χ2v) is 3.94. The van der Waals surface area contributed by atoms with Gasteiger partial charge >= 0.3 is 0 Å². The van der Waals surface area contributed by atoms with Gasteiger partial charge in [-0.25, -0.2) is 0 Å². The molecule has 1 aromatic carbocycles. The number of piperazine rings is 1. The van der Waals surface area contributed by atoms with Crippen molar-refractivity contribution < 1.29 is 14.3 Å². The van der Waals surface area contributed by atoms with Gasteiger partial charge in [-0.1, -0.05) is 12.1 Å². The molecule has 1 saturated heterocycles. The predicted octanol–water partition coefficient (Wildman–Crippen LogP) is 0.624. The minimum Gasteiger partial charge on any atom is -0.497 e. The standard InChI is InChI=1S/C13H14N2O3/c1-15-11(13(17)14-8-12(15)16)7-9-3-5-10(18-2)6-4-9/h3-7H,8H2,1-2H3,(H,14,17)/b11-7+. The number of nitrogens with one attached hydrogen (secondary N) is 1. The molecule has 0 radical (unpaired) electrons. The van der Waals surface area contributed by atoms with Crippen molar-refractivity contribution in [1.29, 1.82) is 0 Å². The summed E-state index contributed by atoms with van der Waals surface area (Å²) in [5.41, 5.74) is 1.18. The van der Waals surface area contributed by atoms with Gasteiger partial charge < -0.3 is 15.0 Å². The highest BCUT2D eigenvalue weighted by molar-refractivity contribution is 6.05. The van der Waals surface area contributed by atoms with Crippen LogP contribution in [0.4, 0.5) is 0 Å². The molecule has 1 fully saturated rings. The first-order chi connectivity index (χ1) is 8.61. The summed E-state index contributed by atoms with van der Waals surface area (Å²) in [7, 11) is 3.19. The van der Waals surface area contributed by atoms with E-state index in [4.69, 9.17) is 4.74 Å². The van der Waals surface area contributed by atoms with Crippen LogP contribution >= 0.6 is 0 Å². The van der Waals surface area contributed by atoms with Crippen LogP contribution in [0.3, 0.4) is 0 Å². The van der Waals surface area contributed by atoms with Gasteiger partial charge in [-0.3, -0.25) is 9.59 Å². The molecule has 1 N–H and O–H groups in total. The molecule has 0 aromatic heterocycles. The molecule has 5 nitrogen and oxygen atoms in total. The second-order valence-electron chi connectivity index (χ2n) is 3.94. The first-order valence-corrected chi connectivity index (χ1v) is 5.52. The third-order valence-electron chi connectivity index (χ3n) is 2.79. The van der Waals surface area contributed by atoms with Crippen molar-refractivity contribution in [3.63, 3.8) is 0 Å². The molecule has 0 unspecified atom stereocenters. The van der Waals surface area contributed by atoms with Gasteiger partial charge in [0.2, 0.25) is 5.91 Å². The average molecular weight is 246 g/mol. The maximum atomic E-state index is 11.7. The summed E-state index contributed by atoms with van der Waals surface area (Å²) in [6, 6.07) is 7.25. The molecule has 0 aliphatic carbocycles. The molecule has 2 amide bonds. The van der Waals surface area contributed by atoms with Crippen molar-refractivity contribution in [3.05, 3.63) is 35.5 Å². The fourth-order valence-electron chi connectivity index (χ4n) is 1.67. The minimum absolute atomic E-state index is 0.0509. The van der Waals surface area contributed by atoms with Crippen LogP contribution in [-0.2, 0) is 9.59 Å². The monoisotopic (exact) mass is 246 g/mol. The lowest BCUT2D eigenvalue weighted by molar-refractivity contribution is -0.135. The highest BCUT2D eigenvalue weighted by atomic mass is 16.5. The second kappa shape index (κ2) is 4.91. The Balaban J connectivity index is 2.29. The Kier molecular flexibility index (Phi) is 3.32. The van der Waals surface area contributed by atoms with Crippen molar-refractivity contribution in [1.82, 2.24) is 10.2 Å². The van der Waals surface area contributed by atoms with E-state index in [0.29, 0.717) is 5.70 Å². The first-order valence-electron chi connectivity index (χ1n) is 5.52. The molecule has 1 heterocycles. The summed E-state index contributed by atoms with van der Waals surface area (Å²) in [6.07, 6.45) is 1.67. The topological polar surface area (TPSA) is 58.6 Å². The number of rotatable bonds is 2. The van der Waals surface area contributed by atoms with Gasteiger partial charge in [0.1, 0.15) is 11.4 Å². The Labute approximate surface area is 105 Å². The van der Waals surface area contributed by atoms with E-state index in [0.717, 1.165) is 11.3 Å². The van der Waals surface area contributed by atoms with Crippen molar-refractivity contribution >= 4 is 17.9 Å². The molecule has 5 heteroatoms. The molecule has 1 aliphatic rings. The fraction of sp³-hybridized carbons (Fsp3) is 0.231. The number of hydrogen-bond acceptors (Lipinski definition) is 3. The summed E-state index contributed by atoms with van der Waals surface area (Å²) in [6.45, 7) is 0.0509. The van der Waals surface area contributed by atoms with Crippen molar-refractivity contribution in [2.75, 3.05) is 20.7 Å². The van der Waals surface area contributed by atoms with Crippen LogP contribution in [0.25, 0.3) is 6.08 Å². The van der Waals surface area contributed by atoms with E-state index in [-0.39, 0.29) is 18.4 Å². The first kappa shape index (κ1) is 12.2. The largest absolute Gasteiger partial charge is 0.497 e. The van der Waals surface area contributed by atoms with Gasteiger partial charge in [-0.05, 0) is 23.8 Å². The number of likely N-dealkylation sites (N-methyl/N-ethyl adjacent to an activating group) is 1. The van der Waals surface area contributed by atoms with Crippen LogP contribution < -0.4 is 10.1 Å². The Hall–Kier alpha value is -2.30. The molecule has 2 rings (SSSR count). The highest BCUT2D eigenvalue weighted by Crippen LogP contribution is 2.16. The number of benzene rings is 1. The van der Waals surface area contributed by atoms with Crippen molar-refractivity contribution in [2.45, 2.75) is 0 Å². The number of hydrogen-bond donors (Lipinski definition) is 1. The SMILES string of the molecule is COc1ccc(/C=C2\C(=O)NCC(=O)N2C)cc1. The van der Waals surface area contributed by atoms with Gasteiger partial charge in [-0.15, -0.1) is 0 Å². The third kappa shape index (κ3) is 2.34. The van der Waals surface area contributed by atoms with E-state index >= 15 is 0 Å². The minimum atomic E-state index is -0.243. The summed E-state index contributed by atoms with van der Waals surface area (Å²) in [4.78, 5) is 24.5. The lowest BCUT2D eigenvalue weighted by atomic mass is 10.1. The third-order valence-corrected chi connectivity index (χ3v) is 2.79. The Bertz CT molecular complexity index is 505. The number of carbonyl (C=O) groups excluding carboxylic acids is 2. The van der Waals surface area contributed by atoms with Crippen LogP contribution in [0.5, 0.6) is 5.75 Å². The molecular formula is C13H14N2O3. The lowest BCUT2D eigenvalue weighted by Crippen LogP contribution is -2.47. The Morgan fingerprint density at radius 3 is 2.56 bits per heavy atom. The molecule has 1 aliphatic heterocycles. The van der Waals surface area contributed by atoms with E-state index < -0.39 is 0 Å². The quantitative estimate of drug-likeness (QED) is 0.778. The van der Waals surface area contributed by atoms with Gasteiger partial charge in [-0.2, -0.15) is 0 Å². The van der Waals surface area contributed by atoms with Crippen LogP contribution in [0, 0.1) is 0 Å². The zero-order valence-electron chi connectivity index (χ0n) is 10.3. The summed E-state index contributed by atoms with van der Waals surface area (Å²) in [5.74, 6) is 0.372. The van der Waals surface area contributed by atoms with Gasteiger partial charge in [0.15, 0.2) is 0 Å². The van der Waals surface area contributed by atoms with E-state index in [1.54, 1.807) is 32.4 Å². The zero-order valence-corrected chi connectivity index (χ0v) is 10.3. The maximum Gasteiger partial charge on any atom is 0.268 e. The van der Waals surface area contributed by atoms with Crippen LogP contribution in [0.15, 0.2) is 30.0 Å². The predicted molar refractivity (Wildman–Crippen MR) is 66.8 cm³/mol.